The monoisotopic (exact) mass is 354 g/mol. The standard InChI is InChI=1S/C20H22N2O2S/c1-14(2)25-18-10-4-3-9-17(18)20(24)21-15-7-5-8-16(13-15)22-12-6-11-19(22)23/h3-5,7-10,13-14H,6,11-12H2,1-2H3,(H,21,24). The van der Waals surface area contributed by atoms with Gasteiger partial charge in [0.15, 0.2) is 0 Å². The highest BCUT2D eigenvalue weighted by atomic mass is 32.2. The number of nitrogens with zero attached hydrogens (tertiary/aromatic N) is 1. The Balaban J connectivity index is 1.79. The minimum atomic E-state index is -0.131. The molecule has 2 aromatic carbocycles. The molecule has 1 heterocycles. The minimum absolute atomic E-state index is 0.131. The van der Waals surface area contributed by atoms with Crippen LogP contribution in [0.25, 0.3) is 0 Å². The van der Waals surface area contributed by atoms with E-state index < -0.39 is 0 Å². The Bertz CT molecular complexity index is 789. The highest BCUT2D eigenvalue weighted by Crippen LogP contribution is 2.28. The third kappa shape index (κ3) is 4.23. The Morgan fingerprint density at radius 1 is 1.16 bits per heavy atom. The van der Waals surface area contributed by atoms with Crippen LogP contribution in [0.15, 0.2) is 53.4 Å². The van der Waals surface area contributed by atoms with Crippen molar-refractivity contribution < 1.29 is 9.59 Å². The van der Waals surface area contributed by atoms with Gasteiger partial charge in [-0.25, -0.2) is 0 Å². The fourth-order valence-corrected chi connectivity index (χ4v) is 3.83. The zero-order valence-electron chi connectivity index (χ0n) is 14.5. The van der Waals surface area contributed by atoms with Gasteiger partial charge in [-0.1, -0.05) is 32.0 Å². The molecule has 0 unspecified atom stereocenters. The van der Waals surface area contributed by atoms with Gasteiger partial charge in [-0.15, -0.1) is 11.8 Å². The molecule has 5 heteroatoms. The van der Waals surface area contributed by atoms with Crippen molar-refractivity contribution in [3.05, 3.63) is 54.1 Å². The van der Waals surface area contributed by atoms with Crippen LogP contribution in [0, 0.1) is 0 Å². The largest absolute Gasteiger partial charge is 0.322 e. The van der Waals surface area contributed by atoms with Gasteiger partial charge in [0.05, 0.1) is 5.56 Å². The highest BCUT2D eigenvalue weighted by Gasteiger charge is 2.22. The Morgan fingerprint density at radius 3 is 2.68 bits per heavy atom. The molecule has 0 aliphatic carbocycles. The summed E-state index contributed by atoms with van der Waals surface area (Å²) in [5.74, 6) is 0.0100. The van der Waals surface area contributed by atoms with E-state index in [-0.39, 0.29) is 11.8 Å². The summed E-state index contributed by atoms with van der Waals surface area (Å²) in [5, 5.41) is 3.36. The molecule has 0 atom stereocenters. The van der Waals surface area contributed by atoms with Gasteiger partial charge in [-0.2, -0.15) is 0 Å². The van der Waals surface area contributed by atoms with E-state index in [0.717, 1.165) is 23.5 Å². The normalized spacial score (nSPS) is 14.2. The Hall–Kier alpha value is -2.27. The van der Waals surface area contributed by atoms with Gasteiger partial charge in [0.25, 0.3) is 5.91 Å². The molecule has 2 aromatic rings. The number of rotatable bonds is 5. The second-order valence-corrected chi connectivity index (χ2v) is 7.93. The summed E-state index contributed by atoms with van der Waals surface area (Å²) in [7, 11) is 0. The van der Waals surface area contributed by atoms with Crippen LogP contribution in [-0.4, -0.2) is 23.6 Å². The summed E-state index contributed by atoms with van der Waals surface area (Å²) in [6, 6.07) is 15.1. The Kier molecular flexibility index (Phi) is 5.43. The molecule has 0 spiro atoms. The molecule has 2 amide bonds. The molecule has 1 aliphatic heterocycles. The molecule has 0 radical (unpaired) electrons. The molecular weight excluding hydrogens is 332 g/mol. The van der Waals surface area contributed by atoms with Crippen LogP contribution in [0.3, 0.4) is 0 Å². The highest BCUT2D eigenvalue weighted by molar-refractivity contribution is 8.00. The van der Waals surface area contributed by atoms with E-state index in [1.54, 1.807) is 16.7 Å². The molecule has 1 fully saturated rings. The third-order valence-electron chi connectivity index (χ3n) is 3.98. The zero-order chi connectivity index (χ0) is 17.8. The first-order valence-electron chi connectivity index (χ1n) is 8.52. The van der Waals surface area contributed by atoms with Crippen LogP contribution in [0.1, 0.15) is 37.0 Å². The lowest BCUT2D eigenvalue weighted by Crippen LogP contribution is -2.23. The summed E-state index contributed by atoms with van der Waals surface area (Å²) in [6.07, 6.45) is 1.48. The molecule has 0 bridgehead atoms. The van der Waals surface area contributed by atoms with E-state index in [1.807, 2.05) is 48.5 Å². The maximum absolute atomic E-state index is 12.7. The third-order valence-corrected chi connectivity index (χ3v) is 5.06. The van der Waals surface area contributed by atoms with Crippen molar-refractivity contribution in [1.29, 1.82) is 0 Å². The number of hydrogen-bond donors (Lipinski definition) is 1. The summed E-state index contributed by atoms with van der Waals surface area (Å²) in [5.41, 5.74) is 2.21. The van der Waals surface area contributed by atoms with Crippen LogP contribution in [0.5, 0.6) is 0 Å². The van der Waals surface area contributed by atoms with Gasteiger partial charge >= 0.3 is 0 Å². The number of thioether (sulfide) groups is 1. The average Bonchev–Trinajstić information content (AvgIpc) is 3.01. The minimum Gasteiger partial charge on any atom is -0.322 e. The number of hydrogen-bond acceptors (Lipinski definition) is 3. The second kappa shape index (κ2) is 7.74. The quantitative estimate of drug-likeness (QED) is 0.801. The van der Waals surface area contributed by atoms with Crippen LogP contribution >= 0.6 is 11.8 Å². The van der Waals surface area contributed by atoms with Crippen molar-refractivity contribution in [3.63, 3.8) is 0 Å². The van der Waals surface area contributed by atoms with E-state index in [4.69, 9.17) is 0 Å². The van der Waals surface area contributed by atoms with Gasteiger partial charge in [0, 0.05) is 34.5 Å². The predicted molar refractivity (Wildman–Crippen MR) is 103 cm³/mol. The fourth-order valence-electron chi connectivity index (χ4n) is 2.88. The molecular formula is C20H22N2O2S. The van der Waals surface area contributed by atoms with Crippen molar-refractivity contribution in [3.8, 4) is 0 Å². The number of nitrogens with one attached hydrogen (secondary N) is 1. The number of carbonyl (C=O) groups excluding carboxylic acids is 2. The van der Waals surface area contributed by atoms with E-state index >= 15 is 0 Å². The molecule has 130 valence electrons. The number of anilines is 2. The van der Waals surface area contributed by atoms with Crippen LogP contribution in [-0.2, 0) is 4.79 Å². The lowest BCUT2D eigenvalue weighted by atomic mass is 10.2. The molecule has 0 aromatic heterocycles. The summed E-state index contributed by atoms with van der Waals surface area (Å²) < 4.78 is 0. The molecule has 3 rings (SSSR count). The van der Waals surface area contributed by atoms with Gasteiger partial charge in [0.1, 0.15) is 0 Å². The summed E-state index contributed by atoms with van der Waals surface area (Å²) in [4.78, 5) is 27.4. The Labute approximate surface area is 152 Å². The summed E-state index contributed by atoms with van der Waals surface area (Å²) >= 11 is 1.67. The Morgan fingerprint density at radius 2 is 1.96 bits per heavy atom. The average molecular weight is 354 g/mol. The molecule has 0 saturated carbocycles. The first kappa shape index (κ1) is 17.5. The maximum atomic E-state index is 12.7. The van der Waals surface area contributed by atoms with Gasteiger partial charge in [0.2, 0.25) is 5.91 Å². The zero-order valence-corrected chi connectivity index (χ0v) is 15.3. The molecule has 4 nitrogen and oxygen atoms in total. The van der Waals surface area contributed by atoms with Crippen molar-refractivity contribution >= 4 is 35.0 Å². The lowest BCUT2D eigenvalue weighted by molar-refractivity contribution is -0.117. The number of carbonyl (C=O) groups is 2. The second-order valence-electron chi connectivity index (χ2n) is 6.32. The fraction of sp³-hybridized carbons (Fsp3) is 0.300. The van der Waals surface area contributed by atoms with Crippen LogP contribution in [0.4, 0.5) is 11.4 Å². The smallest absolute Gasteiger partial charge is 0.256 e. The van der Waals surface area contributed by atoms with Crippen LogP contribution < -0.4 is 10.2 Å². The number of benzene rings is 2. The van der Waals surface area contributed by atoms with Crippen molar-refractivity contribution in [2.75, 3.05) is 16.8 Å². The maximum Gasteiger partial charge on any atom is 0.256 e. The van der Waals surface area contributed by atoms with Gasteiger partial charge in [-0.3, -0.25) is 9.59 Å². The molecule has 25 heavy (non-hydrogen) atoms. The van der Waals surface area contributed by atoms with Gasteiger partial charge in [-0.05, 0) is 36.8 Å². The SMILES string of the molecule is CC(C)Sc1ccccc1C(=O)Nc1cccc(N2CCCC2=O)c1. The molecule has 1 saturated heterocycles. The van der Waals surface area contributed by atoms with Gasteiger partial charge < -0.3 is 10.2 Å². The summed E-state index contributed by atoms with van der Waals surface area (Å²) in [6.45, 7) is 4.95. The van der Waals surface area contributed by atoms with Crippen molar-refractivity contribution in [1.82, 2.24) is 0 Å². The van der Waals surface area contributed by atoms with Crippen LogP contribution in [0.2, 0.25) is 0 Å². The topological polar surface area (TPSA) is 49.4 Å². The molecule has 1 aliphatic rings. The lowest BCUT2D eigenvalue weighted by Gasteiger charge is -2.17. The van der Waals surface area contributed by atoms with E-state index in [9.17, 15) is 9.59 Å². The first-order chi connectivity index (χ1) is 12.0. The van der Waals surface area contributed by atoms with Crippen molar-refractivity contribution in [2.24, 2.45) is 0 Å². The predicted octanol–water partition coefficient (Wildman–Crippen LogP) is 4.57. The van der Waals surface area contributed by atoms with E-state index in [0.29, 0.717) is 22.9 Å². The van der Waals surface area contributed by atoms with E-state index in [2.05, 4.69) is 19.2 Å². The van der Waals surface area contributed by atoms with E-state index in [1.165, 1.54) is 0 Å². The van der Waals surface area contributed by atoms with Crippen molar-refractivity contribution in [2.45, 2.75) is 36.8 Å². The first-order valence-corrected chi connectivity index (χ1v) is 9.40. The molecule has 1 N–H and O–H groups in total. The number of amides is 2.